The summed E-state index contributed by atoms with van der Waals surface area (Å²) < 4.78 is 4.96. The largest absolute Gasteiger partial charge is 0.466 e. The first-order valence-electron chi connectivity index (χ1n) is 7.04. The van der Waals surface area contributed by atoms with Gasteiger partial charge in [-0.05, 0) is 37.8 Å². The first-order valence-corrected chi connectivity index (χ1v) is 7.04. The Labute approximate surface area is 114 Å². The second-order valence-corrected chi connectivity index (χ2v) is 5.18. The van der Waals surface area contributed by atoms with Crippen LogP contribution in [0.3, 0.4) is 0 Å². The highest BCUT2D eigenvalue weighted by molar-refractivity contribution is 5.72. The Morgan fingerprint density at radius 2 is 2.42 bits per heavy atom. The summed E-state index contributed by atoms with van der Waals surface area (Å²) in [6, 6.07) is 4.03. The maximum absolute atomic E-state index is 11.5. The molecule has 1 saturated heterocycles. The van der Waals surface area contributed by atoms with Crippen LogP contribution in [-0.2, 0) is 16.0 Å². The van der Waals surface area contributed by atoms with Gasteiger partial charge < -0.3 is 9.64 Å². The minimum Gasteiger partial charge on any atom is -0.466 e. The van der Waals surface area contributed by atoms with Crippen LogP contribution in [-0.4, -0.2) is 30.6 Å². The molecule has 2 heterocycles. The third-order valence-electron chi connectivity index (χ3n) is 3.45. The topological polar surface area (TPSA) is 42.4 Å². The van der Waals surface area contributed by atoms with Gasteiger partial charge in [-0.1, -0.05) is 6.92 Å². The van der Waals surface area contributed by atoms with E-state index in [4.69, 9.17) is 4.74 Å². The Morgan fingerprint density at radius 3 is 3.16 bits per heavy atom. The number of pyridine rings is 1. The Balaban J connectivity index is 2.04. The summed E-state index contributed by atoms with van der Waals surface area (Å²) in [6.07, 6.45) is 4.57. The molecule has 4 nitrogen and oxygen atoms in total. The molecule has 1 aliphatic rings. The SMILES string of the molecule is CCOC(=O)Cc1cc(N2CCC[C@@H](C)C2)ccn1. The molecule has 0 amide bonds. The molecule has 1 aromatic rings. The Hall–Kier alpha value is -1.58. The lowest BCUT2D eigenvalue weighted by atomic mass is 10.00. The molecule has 2 rings (SSSR count). The molecule has 0 aliphatic carbocycles. The molecule has 4 heteroatoms. The van der Waals surface area contributed by atoms with E-state index in [9.17, 15) is 4.79 Å². The van der Waals surface area contributed by atoms with E-state index < -0.39 is 0 Å². The number of hydrogen-bond acceptors (Lipinski definition) is 4. The smallest absolute Gasteiger partial charge is 0.311 e. The molecule has 0 N–H and O–H groups in total. The van der Waals surface area contributed by atoms with Crippen molar-refractivity contribution in [1.29, 1.82) is 0 Å². The normalized spacial score (nSPS) is 19.3. The number of aromatic nitrogens is 1. The Morgan fingerprint density at radius 1 is 1.58 bits per heavy atom. The highest BCUT2D eigenvalue weighted by Crippen LogP contribution is 2.23. The van der Waals surface area contributed by atoms with Crippen LogP contribution in [0.2, 0.25) is 0 Å². The molecule has 0 bridgehead atoms. The van der Waals surface area contributed by atoms with Crippen molar-refractivity contribution in [1.82, 2.24) is 4.98 Å². The fourth-order valence-corrected chi connectivity index (χ4v) is 2.54. The van der Waals surface area contributed by atoms with Crippen LogP contribution in [0.15, 0.2) is 18.3 Å². The summed E-state index contributed by atoms with van der Waals surface area (Å²) in [5.41, 5.74) is 1.95. The summed E-state index contributed by atoms with van der Waals surface area (Å²) >= 11 is 0. The molecule has 0 aromatic carbocycles. The van der Waals surface area contributed by atoms with Crippen molar-refractivity contribution in [3.05, 3.63) is 24.0 Å². The molecular formula is C15H22N2O2. The van der Waals surface area contributed by atoms with Gasteiger partial charge in [-0.2, -0.15) is 0 Å². The van der Waals surface area contributed by atoms with E-state index in [0.29, 0.717) is 6.61 Å². The molecule has 0 unspecified atom stereocenters. The van der Waals surface area contributed by atoms with E-state index in [0.717, 1.165) is 24.7 Å². The quantitative estimate of drug-likeness (QED) is 0.782. The van der Waals surface area contributed by atoms with Crippen molar-refractivity contribution in [2.45, 2.75) is 33.1 Å². The van der Waals surface area contributed by atoms with E-state index in [2.05, 4.69) is 16.8 Å². The van der Waals surface area contributed by atoms with E-state index >= 15 is 0 Å². The number of carbonyl (C=O) groups excluding carboxylic acids is 1. The van der Waals surface area contributed by atoms with Gasteiger partial charge in [0, 0.05) is 25.0 Å². The lowest BCUT2D eigenvalue weighted by Gasteiger charge is -2.32. The third-order valence-corrected chi connectivity index (χ3v) is 3.45. The standard InChI is InChI=1S/C15H22N2O2/c1-3-19-15(18)10-13-9-14(6-7-16-13)17-8-4-5-12(2)11-17/h6-7,9,12H,3-5,8,10-11H2,1-2H3/t12-/m1/s1. The highest BCUT2D eigenvalue weighted by Gasteiger charge is 2.17. The molecule has 1 fully saturated rings. The van der Waals surface area contributed by atoms with Gasteiger partial charge in [-0.3, -0.25) is 9.78 Å². The van der Waals surface area contributed by atoms with Crippen molar-refractivity contribution < 1.29 is 9.53 Å². The van der Waals surface area contributed by atoms with Gasteiger partial charge >= 0.3 is 5.97 Å². The van der Waals surface area contributed by atoms with Gasteiger partial charge in [0.25, 0.3) is 0 Å². The molecular weight excluding hydrogens is 240 g/mol. The molecule has 1 aliphatic heterocycles. The fourth-order valence-electron chi connectivity index (χ4n) is 2.54. The van der Waals surface area contributed by atoms with Crippen LogP contribution in [0.1, 0.15) is 32.4 Å². The van der Waals surface area contributed by atoms with Gasteiger partial charge in [-0.15, -0.1) is 0 Å². The van der Waals surface area contributed by atoms with Crippen LogP contribution in [0, 0.1) is 5.92 Å². The third kappa shape index (κ3) is 3.94. The molecule has 1 atom stereocenters. The second-order valence-electron chi connectivity index (χ2n) is 5.18. The van der Waals surface area contributed by atoms with E-state index in [1.807, 2.05) is 19.1 Å². The number of rotatable bonds is 4. The van der Waals surface area contributed by atoms with Crippen molar-refractivity contribution in [3.63, 3.8) is 0 Å². The van der Waals surface area contributed by atoms with Crippen LogP contribution in [0.5, 0.6) is 0 Å². The molecule has 0 spiro atoms. The van der Waals surface area contributed by atoms with Gasteiger partial charge in [0.2, 0.25) is 0 Å². The molecule has 19 heavy (non-hydrogen) atoms. The number of ether oxygens (including phenoxy) is 1. The zero-order valence-corrected chi connectivity index (χ0v) is 11.8. The van der Waals surface area contributed by atoms with Gasteiger partial charge in [-0.25, -0.2) is 0 Å². The van der Waals surface area contributed by atoms with E-state index in [1.54, 1.807) is 6.20 Å². The summed E-state index contributed by atoms with van der Waals surface area (Å²) in [5, 5.41) is 0. The zero-order valence-electron chi connectivity index (χ0n) is 11.8. The summed E-state index contributed by atoms with van der Waals surface area (Å²) in [6.45, 7) is 6.70. The average molecular weight is 262 g/mol. The highest BCUT2D eigenvalue weighted by atomic mass is 16.5. The number of nitrogens with zero attached hydrogens (tertiary/aromatic N) is 2. The number of hydrogen-bond donors (Lipinski definition) is 0. The van der Waals surface area contributed by atoms with Crippen LogP contribution >= 0.6 is 0 Å². The lowest BCUT2D eigenvalue weighted by Crippen LogP contribution is -2.34. The van der Waals surface area contributed by atoms with Gasteiger partial charge in [0.15, 0.2) is 0 Å². The summed E-state index contributed by atoms with van der Waals surface area (Å²) in [4.78, 5) is 18.1. The molecule has 0 saturated carbocycles. The number of esters is 1. The van der Waals surface area contributed by atoms with Crippen LogP contribution < -0.4 is 4.90 Å². The molecule has 104 valence electrons. The molecule has 0 radical (unpaired) electrons. The van der Waals surface area contributed by atoms with Crippen LogP contribution in [0.4, 0.5) is 5.69 Å². The first-order chi connectivity index (χ1) is 9.19. The Bertz CT molecular complexity index is 434. The lowest BCUT2D eigenvalue weighted by molar-refractivity contribution is -0.142. The van der Waals surface area contributed by atoms with Crippen LogP contribution in [0.25, 0.3) is 0 Å². The Kier molecular flexibility index (Phi) is 4.77. The predicted octanol–water partition coefficient (Wildman–Crippen LogP) is 2.42. The number of carbonyl (C=O) groups is 1. The van der Waals surface area contributed by atoms with Crippen molar-refractivity contribution in [3.8, 4) is 0 Å². The van der Waals surface area contributed by atoms with E-state index in [-0.39, 0.29) is 12.4 Å². The minimum absolute atomic E-state index is 0.209. The number of piperidine rings is 1. The monoisotopic (exact) mass is 262 g/mol. The van der Waals surface area contributed by atoms with Gasteiger partial charge in [0.05, 0.1) is 18.7 Å². The van der Waals surface area contributed by atoms with Gasteiger partial charge in [0.1, 0.15) is 0 Å². The van der Waals surface area contributed by atoms with Crippen molar-refractivity contribution in [2.24, 2.45) is 5.92 Å². The first kappa shape index (κ1) is 13.8. The minimum atomic E-state index is -0.209. The summed E-state index contributed by atoms with van der Waals surface area (Å²) in [7, 11) is 0. The zero-order chi connectivity index (χ0) is 13.7. The number of anilines is 1. The van der Waals surface area contributed by atoms with Crippen molar-refractivity contribution >= 4 is 11.7 Å². The van der Waals surface area contributed by atoms with E-state index in [1.165, 1.54) is 18.5 Å². The summed E-state index contributed by atoms with van der Waals surface area (Å²) in [5.74, 6) is 0.523. The van der Waals surface area contributed by atoms with Crippen molar-refractivity contribution in [2.75, 3.05) is 24.6 Å². The predicted molar refractivity (Wildman–Crippen MR) is 75.2 cm³/mol. The maximum atomic E-state index is 11.5. The second kappa shape index (κ2) is 6.55. The fraction of sp³-hybridized carbons (Fsp3) is 0.600. The average Bonchev–Trinajstić information content (AvgIpc) is 2.39. The molecule has 1 aromatic heterocycles. The maximum Gasteiger partial charge on any atom is 0.311 e.